The number of hydrogen-bond donors (Lipinski definition) is 0. The molecule has 0 aromatic rings. The molecule has 0 heterocycles. The van der Waals surface area contributed by atoms with Crippen molar-refractivity contribution in [3.63, 3.8) is 0 Å². The minimum absolute atomic E-state index is 0.0403. The third kappa shape index (κ3) is 2.88. The van der Waals surface area contributed by atoms with E-state index in [0.29, 0.717) is 30.0 Å². The fourth-order valence-corrected chi connectivity index (χ4v) is 5.18. The quantitative estimate of drug-likeness (QED) is 0.746. The van der Waals surface area contributed by atoms with Gasteiger partial charge in [-0.1, -0.05) is 44.9 Å². The van der Waals surface area contributed by atoms with Gasteiger partial charge in [0, 0.05) is 18.3 Å². The van der Waals surface area contributed by atoms with E-state index in [9.17, 15) is 9.59 Å². The molecule has 2 heteroatoms. The highest BCUT2D eigenvalue weighted by atomic mass is 16.1. The number of rotatable bonds is 4. The van der Waals surface area contributed by atoms with Crippen molar-refractivity contribution in [1.29, 1.82) is 0 Å². The first-order valence-electron chi connectivity index (χ1n) is 9.11. The van der Waals surface area contributed by atoms with E-state index in [1.165, 1.54) is 19.3 Å². The van der Waals surface area contributed by atoms with Crippen molar-refractivity contribution in [3.05, 3.63) is 36.0 Å². The van der Waals surface area contributed by atoms with Crippen LogP contribution in [-0.4, -0.2) is 11.6 Å². The highest BCUT2D eigenvalue weighted by Crippen LogP contribution is 2.58. The van der Waals surface area contributed by atoms with E-state index < -0.39 is 0 Å². The predicted molar refractivity (Wildman–Crippen MR) is 92.9 cm³/mol. The van der Waals surface area contributed by atoms with E-state index in [0.717, 1.165) is 30.4 Å². The third-order valence-corrected chi connectivity index (χ3v) is 6.49. The van der Waals surface area contributed by atoms with Gasteiger partial charge in [0.1, 0.15) is 5.78 Å². The van der Waals surface area contributed by atoms with E-state index in [1.54, 1.807) is 6.08 Å². The van der Waals surface area contributed by atoms with Gasteiger partial charge >= 0.3 is 0 Å². The van der Waals surface area contributed by atoms with E-state index in [4.69, 9.17) is 0 Å². The van der Waals surface area contributed by atoms with Gasteiger partial charge in [0.25, 0.3) is 0 Å². The molecule has 23 heavy (non-hydrogen) atoms. The SMILES string of the molecule is C=C1C[C@H]2[C@H](CCC(=O)CC)CCC[C@@H]2[C@@]2(C)C=CC(=O)C=C12. The fourth-order valence-electron chi connectivity index (χ4n) is 5.18. The van der Waals surface area contributed by atoms with Crippen molar-refractivity contribution in [3.8, 4) is 0 Å². The van der Waals surface area contributed by atoms with Gasteiger partial charge in [-0.15, -0.1) is 0 Å². The molecule has 2 saturated carbocycles. The summed E-state index contributed by atoms with van der Waals surface area (Å²) >= 11 is 0. The molecule has 0 spiro atoms. The van der Waals surface area contributed by atoms with Gasteiger partial charge in [-0.05, 0) is 54.7 Å². The molecule has 124 valence electrons. The Labute approximate surface area is 139 Å². The van der Waals surface area contributed by atoms with Gasteiger partial charge in [0.15, 0.2) is 5.78 Å². The lowest BCUT2D eigenvalue weighted by Gasteiger charge is -2.53. The Balaban J connectivity index is 1.84. The first-order chi connectivity index (χ1) is 11.0. The Bertz CT molecular complexity index is 595. The minimum atomic E-state index is -0.0403. The molecule has 0 aromatic heterocycles. The number of hydrogen-bond acceptors (Lipinski definition) is 2. The average molecular weight is 312 g/mol. The Morgan fingerprint density at radius 3 is 2.91 bits per heavy atom. The summed E-state index contributed by atoms with van der Waals surface area (Å²) in [5, 5.41) is 0. The molecule has 2 fully saturated rings. The second-order valence-corrected chi connectivity index (χ2v) is 7.78. The molecule has 4 atom stereocenters. The van der Waals surface area contributed by atoms with Crippen LogP contribution in [0.1, 0.15) is 58.8 Å². The summed E-state index contributed by atoms with van der Waals surface area (Å²) in [6.45, 7) is 8.53. The summed E-state index contributed by atoms with van der Waals surface area (Å²) in [6.07, 6.45) is 12.8. The highest BCUT2D eigenvalue weighted by molar-refractivity contribution is 6.01. The van der Waals surface area contributed by atoms with Crippen LogP contribution in [0.4, 0.5) is 0 Å². The zero-order valence-corrected chi connectivity index (χ0v) is 14.4. The zero-order chi connectivity index (χ0) is 16.6. The van der Waals surface area contributed by atoms with Crippen molar-refractivity contribution in [2.45, 2.75) is 58.8 Å². The number of carbonyl (C=O) groups is 2. The van der Waals surface area contributed by atoms with E-state index in [-0.39, 0.29) is 11.2 Å². The first kappa shape index (κ1) is 16.4. The van der Waals surface area contributed by atoms with Crippen molar-refractivity contribution in [1.82, 2.24) is 0 Å². The molecule has 0 aromatic carbocycles. The van der Waals surface area contributed by atoms with Crippen molar-refractivity contribution < 1.29 is 9.59 Å². The number of allylic oxidation sites excluding steroid dienone is 5. The van der Waals surface area contributed by atoms with Gasteiger partial charge in [-0.2, -0.15) is 0 Å². The maximum absolute atomic E-state index is 11.8. The molecule has 3 rings (SSSR count). The topological polar surface area (TPSA) is 34.1 Å². The number of ketones is 2. The number of fused-ring (bicyclic) bond motifs is 3. The second kappa shape index (κ2) is 6.22. The fraction of sp³-hybridized carbons (Fsp3) is 0.619. The summed E-state index contributed by atoms with van der Waals surface area (Å²) in [5.41, 5.74) is 2.26. The summed E-state index contributed by atoms with van der Waals surface area (Å²) in [6, 6.07) is 0. The molecular formula is C21H28O2. The smallest absolute Gasteiger partial charge is 0.178 e. The molecule has 0 aliphatic heterocycles. The van der Waals surface area contributed by atoms with E-state index in [2.05, 4.69) is 19.6 Å². The normalized spacial score (nSPS) is 36.3. The third-order valence-electron chi connectivity index (χ3n) is 6.49. The molecule has 3 aliphatic carbocycles. The largest absolute Gasteiger partial charge is 0.300 e. The standard InChI is InChI=1S/C21H28O2/c1-4-16(22)9-8-15-6-5-7-19-18(15)12-14(2)20-13-17(23)10-11-21(19,20)3/h10-11,13,15,18-19H,2,4-9,12H2,1,3H3/t15-,18-,19-,21+/m0/s1. The van der Waals surface area contributed by atoms with Crippen LogP contribution in [0.3, 0.4) is 0 Å². The first-order valence-corrected chi connectivity index (χ1v) is 9.11. The van der Waals surface area contributed by atoms with Gasteiger partial charge in [0.05, 0.1) is 0 Å². The van der Waals surface area contributed by atoms with E-state index >= 15 is 0 Å². The van der Waals surface area contributed by atoms with Crippen LogP contribution in [0.2, 0.25) is 0 Å². The van der Waals surface area contributed by atoms with Gasteiger partial charge < -0.3 is 0 Å². The van der Waals surface area contributed by atoms with Gasteiger partial charge in [-0.3, -0.25) is 9.59 Å². The summed E-state index contributed by atoms with van der Waals surface area (Å²) in [7, 11) is 0. The monoisotopic (exact) mass is 312 g/mol. The van der Waals surface area contributed by atoms with Crippen molar-refractivity contribution in [2.75, 3.05) is 0 Å². The Kier molecular flexibility index (Phi) is 4.44. The second-order valence-electron chi connectivity index (χ2n) is 7.78. The van der Waals surface area contributed by atoms with E-state index in [1.807, 2.05) is 13.0 Å². The van der Waals surface area contributed by atoms with Crippen molar-refractivity contribution in [2.24, 2.45) is 23.2 Å². The van der Waals surface area contributed by atoms with Crippen LogP contribution in [0, 0.1) is 23.2 Å². The van der Waals surface area contributed by atoms with Crippen LogP contribution in [-0.2, 0) is 9.59 Å². The predicted octanol–water partition coefficient (Wildman–Crippen LogP) is 4.81. The molecule has 0 unspecified atom stereocenters. The van der Waals surface area contributed by atoms with Crippen LogP contribution in [0.15, 0.2) is 36.0 Å². The molecular weight excluding hydrogens is 284 g/mol. The average Bonchev–Trinajstić information content (AvgIpc) is 2.54. The maximum atomic E-state index is 11.8. The molecule has 2 nitrogen and oxygen atoms in total. The van der Waals surface area contributed by atoms with Crippen LogP contribution >= 0.6 is 0 Å². The molecule has 0 N–H and O–H groups in total. The molecule has 0 radical (unpaired) electrons. The molecule has 0 bridgehead atoms. The van der Waals surface area contributed by atoms with Gasteiger partial charge in [0.2, 0.25) is 0 Å². The Hall–Kier alpha value is -1.44. The summed E-state index contributed by atoms with van der Waals surface area (Å²) < 4.78 is 0. The van der Waals surface area contributed by atoms with Crippen molar-refractivity contribution >= 4 is 11.6 Å². The molecule has 0 saturated heterocycles. The summed E-state index contributed by atoms with van der Waals surface area (Å²) in [5.74, 6) is 2.31. The van der Waals surface area contributed by atoms with Gasteiger partial charge in [-0.25, -0.2) is 0 Å². The Morgan fingerprint density at radius 1 is 1.39 bits per heavy atom. The highest BCUT2D eigenvalue weighted by Gasteiger charge is 2.49. The molecule has 3 aliphatic rings. The maximum Gasteiger partial charge on any atom is 0.178 e. The zero-order valence-electron chi connectivity index (χ0n) is 14.4. The lowest BCUT2D eigenvalue weighted by atomic mass is 9.51. The van der Waals surface area contributed by atoms with Crippen LogP contribution in [0.5, 0.6) is 0 Å². The lowest BCUT2D eigenvalue weighted by molar-refractivity contribution is -0.119. The lowest BCUT2D eigenvalue weighted by Crippen LogP contribution is -2.44. The number of Topliss-reactive ketones (excluding diaryl/α,β-unsaturated/α-hetero) is 1. The minimum Gasteiger partial charge on any atom is -0.300 e. The Morgan fingerprint density at radius 2 is 2.17 bits per heavy atom. The van der Waals surface area contributed by atoms with Crippen LogP contribution < -0.4 is 0 Å². The number of carbonyl (C=O) groups excluding carboxylic acids is 2. The van der Waals surface area contributed by atoms with Crippen LogP contribution in [0.25, 0.3) is 0 Å². The summed E-state index contributed by atoms with van der Waals surface area (Å²) in [4.78, 5) is 23.5. The molecule has 0 amide bonds.